The fourth-order valence-electron chi connectivity index (χ4n) is 1.26. The van der Waals surface area contributed by atoms with Crippen molar-refractivity contribution in [1.82, 2.24) is 9.78 Å². The van der Waals surface area contributed by atoms with Crippen molar-refractivity contribution >= 4 is 0 Å². The van der Waals surface area contributed by atoms with Gasteiger partial charge in [0, 0.05) is 13.2 Å². The smallest absolute Gasteiger partial charge is 0.0625 e. The molecule has 1 aromatic heterocycles. The van der Waals surface area contributed by atoms with E-state index in [1.54, 1.807) is 0 Å². The van der Waals surface area contributed by atoms with Gasteiger partial charge in [0.25, 0.3) is 0 Å². The first kappa shape index (κ1) is 8.31. The Bertz CT molecular complexity index is 225. The molecule has 0 aliphatic rings. The summed E-state index contributed by atoms with van der Waals surface area (Å²) in [6, 6.07) is 0. The SMILES string of the molecule is CCCCc1cn(C)nc1C. The van der Waals surface area contributed by atoms with Gasteiger partial charge >= 0.3 is 0 Å². The third kappa shape index (κ3) is 2.07. The number of rotatable bonds is 3. The van der Waals surface area contributed by atoms with E-state index in [0.717, 1.165) is 0 Å². The van der Waals surface area contributed by atoms with Crippen LogP contribution in [-0.2, 0) is 13.5 Å². The van der Waals surface area contributed by atoms with E-state index in [1.165, 1.54) is 30.5 Å². The zero-order valence-electron chi connectivity index (χ0n) is 7.59. The highest BCUT2D eigenvalue weighted by Gasteiger charge is 2.00. The van der Waals surface area contributed by atoms with Gasteiger partial charge in [0.05, 0.1) is 5.69 Å². The summed E-state index contributed by atoms with van der Waals surface area (Å²) < 4.78 is 1.89. The zero-order chi connectivity index (χ0) is 8.27. The van der Waals surface area contributed by atoms with Crippen LogP contribution >= 0.6 is 0 Å². The predicted octanol–water partition coefficient (Wildman–Crippen LogP) is 2.07. The molecule has 0 aliphatic carbocycles. The molecule has 0 saturated heterocycles. The Hall–Kier alpha value is -0.790. The van der Waals surface area contributed by atoms with Gasteiger partial charge in [0.15, 0.2) is 0 Å². The van der Waals surface area contributed by atoms with Crippen LogP contribution in [0.1, 0.15) is 31.0 Å². The number of hydrogen-bond acceptors (Lipinski definition) is 1. The van der Waals surface area contributed by atoms with Crippen LogP contribution in [0, 0.1) is 6.92 Å². The van der Waals surface area contributed by atoms with E-state index in [1.807, 2.05) is 11.7 Å². The molecule has 0 radical (unpaired) electrons. The van der Waals surface area contributed by atoms with Crippen LogP contribution in [0.4, 0.5) is 0 Å². The Kier molecular flexibility index (Phi) is 2.69. The van der Waals surface area contributed by atoms with Gasteiger partial charge in [-0.25, -0.2) is 0 Å². The maximum absolute atomic E-state index is 4.28. The van der Waals surface area contributed by atoms with Crippen LogP contribution < -0.4 is 0 Å². The fraction of sp³-hybridized carbons (Fsp3) is 0.667. The normalized spacial score (nSPS) is 10.5. The van der Waals surface area contributed by atoms with Gasteiger partial charge in [0.1, 0.15) is 0 Å². The molecule has 0 amide bonds. The van der Waals surface area contributed by atoms with Crippen LogP contribution in [0.5, 0.6) is 0 Å². The fourth-order valence-corrected chi connectivity index (χ4v) is 1.26. The first-order valence-electron chi connectivity index (χ1n) is 4.23. The Morgan fingerprint density at radius 1 is 1.55 bits per heavy atom. The lowest BCUT2D eigenvalue weighted by Crippen LogP contribution is -1.86. The number of aryl methyl sites for hydroxylation is 3. The van der Waals surface area contributed by atoms with Gasteiger partial charge in [-0.15, -0.1) is 0 Å². The highest BCUT2D eigenvalue weighted by molar-refractivity contribution is 5.14. The molecule has 0 aromatic carbocycles. The maximum atomic E-state index is 4.28. The van der Waals surface area contributed by atoms with Crippen molar-refractivity contribution in [3.05, 3.63) is 17.5 Å². The van der Waals surface area contributed by atoms with Crippen LogP contribution in [0.25, 0.3) is 0 Å². The van der Waals surface area contributed by atoms with Gasteiger partial charge in [-0.05, 0) is 25.3 Å². The molecule has 1 rings (SSSR count). The van der Waals surface area contributed by atoms with Crippen molar-refractivity contribution in [3.63, 3.8) is 0 Å². The Labute approximate surface area is 68.2 Å². The predicted molar refractivity (Wildman–Crippen MR) is 46.6 cm³/mol. The lowest BCUT2D eigenvalue weighted by Gasteiger charge is -1.93. The topological polar surface area (TPSA) is 17.8 Å². The number of nitrogens with zero attached hydrogens (tertiary/aromatic N) is 2. The van der Waals surface area contributed by atoms with Crippen molar-refractivity contribution in [2.24, 2.45) is 7.05 Å². The molecule has 0 atom stereocenters. The molecular weight excluding hydrogens is 136 g/mol. The molecule has 0 saturated carbocycles. The second-order valence-corrected chi connectivity index (χ2v) is 3.02. The molecule has 11 heavy (non-hydrogen) atoms. The Balaban J connectivity index is 2.62. The number of aromatic nitrogens is 2. The lowest BCUT2D eigenvalue weighted by atomic mass is 10.1. The van der Waals surface area contributed by atoms with Gasteiger partial charge < -0.3 is 0 Å². The molecular formula is C9H16N2. The molecule has 1 aromatic rings. The highest BCUT2D eigenvalue weighted by atomic mass is 15.2. The second-order valence-electron chi connectivity index (χ2n) is 3.02. The molecule has 0 spiro atoms. The van der Waals surface area contributed by atoms with Crippen LogP contribution in [-0.4, -0.2) is 9.78 Å². The third-order valence-corrected chi connectivity index (χ3v) is 1.91. The quantitative estimate of drug-likeness (QED) is 0.648. The summed E-state index contributed by atoms with van der Waals surface area (Å²) in [4.78, 5) is 0. The van der Waals surface area contributed by atoms with Crippen molar-refractivity contribution < 1.29 is 0 Å². The van der Waals surface area contributed by atoms with E-state index in [-0.39, 0.29) is 0 Å². The van der Waals surface area contributed by atoms with Gasteiger partial charge in [-0.1, -0.05) is 13.3 Å². The molecule has 0 aliphatic heterocycles. The molecule has 0 N–H and O–H groups in total. The van der Waals surface area contributed by atoms with E-state index in [2.05, 4.69) is 25.1 Å². The molecule has 0 unspecified atom stereocenters. The molecule has 2 nitrogen and oxygen atoms in total. The highest BCUT2D eigenvalue weighted by Crippen LogP contribution is 2.08. The van der Waals surface area contributed by atoms with E-state index < -0.39 is 0 Å². The molecule has 1 heterocycles. The summed E-state index contributed by atoms with van der Waals surface area (Å²) in [6.07, 6.45) is 5.82. The van der Waals surface area contributed by atoms with E-state index >= 15 is 0 Å². The first-order chi connectivity index (χ1) is 5.24. The summed E-state index contributed by atoms with van der Waals surface area (Å²) in [5, 5.41) is 4.28. The van der Waals surface area contributed by atoms with Crippen molar-refractivity contribution in [2.45, 2.75) is 33.1 Å². The summed E-state index contributed by atoms with van der Waals surface area (Å²) >= 11 is 0. The minimum atomic E-state index is 1.18. The minimum absolute atomic E-state index is 1.18. The Morgan fingerprint density at radius 3 is 2.73 bits per heavy atom. The monoisotopic (exact) mass is 152 g/mol. The first-order valence-corrected chi connectivity index (χ1v) is 4.23. The van der Waals surface area contributed by atoms with Crippen LogP contribution in [0.2, 0.25) is 0 Å². The third-order valence-electron chi connectivity index (χ3n) is 1.91. The maximum Gasteiger partial charge on any atom is 0.0625 e. The van der Waals surface area contributed by atoms with Crippen LogP contribution in [0.15, 0.2) is 6.20 Å². The average molecular weight is 152 g/mol. The largest absolute Gasteiger partial charge is 0.275 e. The van der Waals surface area contributed by atoms with E-state index in [9.17, 15) is 0 Å². The summed E-state index contributed by atoms with van der Waals surface area (Å²) in [7, 11) is 1.97. The molecule has 2 heteroatoms. The van der Waals surface area contributed by atoms with E-state index in [0.29, 0.717) is 0 Å². The molecule has 0 bridgehead atoms. The van der Waals surface area contributed by atoms with Crippen molar-refractivity contribution in [1.29, 1.82) is 0 Å². The average Bonchev–Trinajstić information content (AvgIpc) is 2.26. The van der Waals surface area contributed by atoms with E-state index in [4.69, 9.17) is 0 Å². The van der Waals surface area contributed by atoms with Crippen LogP contribution in [0.3, 0.4) is 0 Å². The van der Waals surface area contributed by atoms with Crippen molar-refractivity contribution in [3.8, 4) is 0 Å². The van der Waals surface area contributed by atoms with Crippen molar-refractivity contribution in [2.75, 3.05) is 0 Å². The molecule has 62 valence electrons. The summed E-state index contributed by atoms with van der Waals surface area (Å²) in [5.74, 6) is 0. The minimum Gasteiger partial charge on any atom is -0.275 e. The Morgan fingerprint density at radius 2 is 2.27 bits per heavy atom. The van der Waals surface area contributed by atoms with Gasteiger partial charge in [-0.2, -0.15) is 5.10 Å². The lowest BCUT2D eigenvalue weighted by molar-refractivity contribution is 0.755. The van der Waals surface area contributed by atoms with Gasteiger partial charge in [-0.3, -0.25) is 4.68 Å². The molecule has 0 fully saturated rings. The summed E-state index contributed by atoms with van der Waals surface area (Å²) in [6.45, 7) is 4.29. The van der Waals surface area contributed by atoms with Gasteiger partial charge in [0.2, 0.25) is 0 Å². The number of unbranched alkanes of at least 4 members (excludes halogenated alkanes) is 1. The zero-order valence-corrected chi connectivity index (χ0v) is 7.59. The number of hydrogen-bond donors (Lipinski definition) is 0. The second kappa shape index (κ2) is 3.56. The summed E-state index contributed by atoms with van der Waals surface area (Å²) in [5.41, 5.74) is 2.58. The standard InChI is InChI=1S/C9H16N2/c1-4-5-6-9-7-11(3)10-8(9)2/h7H,4-6H2,1-3H3.